The van der Waals surface area contributed by atoms with Crippen LogP contribution in [0.1, 0.15) is 105 Å². The Morgan fingerprint density at radius 2 is 1.69 bits per heavy atom. The van der Waals surface area contributed by atoms with Gasteiger partial charge in [-0.15, -0.1) is 0 Å². The van der Waals surface area contributed by atoms with E-state index >= 15 is 0 Å². The molecular weight excluding hydrogens is 771 g/mol. The van der Waals surface area contributed by atoms with Crippen LogP contribution in [0.25, 0.3) is 33.2 Å². The average molecular weight is 824 g/mol. The normalized spacial score (nSPS) is 17.9. The Balaban J connectivity index is 0.799. The second-order valence-corrected chi connectivity index (χ2v) is 17.9. The van der Waals surface area contributed by atoms with Crippen LogP contribution in [0.4, 0.5) is 16.2 Å². The number of piperidine rings is 2. The van der Waals surface area contributed by atoms with Crippen molar-refractivity contribution in [2.75, 3.05) is 49.1 Å². The number of hydrogen-bond donors (Lipinski definition) is 3. The number of carbonyl (C=O) groups excluding carboxylic acids is 3. The van der Waals surface area contributed by atoms with E-state index in [9.17, 15) is 14.4 Å². The first-order valence-corrected chi connectivity index (χ1v) is 21.4. The van der Waals surface area contributed by atoms with Crippen molar-refractivity contribution in [3.63, 3.8) is 0 Å². The first-order chi connectivity index (χ1) is 29.4. The van der Waals surface area contributed by atoms with Crippen LogP contribution in [0.15, 0.2) is 65.6 Å². The summed E-state index contributed by atoms with van der Waals surface area (Å²) < 4.78 is 5.26. The fraction of sp³-hybridized carbons (Fsp3) is 0.435. The van der Waals surface area contributed by atoms with Gasteiger partial charge in [0.1, 0.15) is 12.0 Å². The quantitative estimate of drug-likeness (QED) is 0.134. The maximum atomic E-state index is 13.0. The average Bonchev–Trinajstić information content (AvgIpc) is 3.91. The highest BCUT2D eigenvalue weighted by atomic mass is 16.5. The number of imide groups is 1. The molecule has 1 atom stereocenters. The SMILES string of the molecule is Cc1cc(-c2ncnc3[nH]c4cc(C5CCN(CC6CCN(c7ccc(N8CCC(=O)NC8=O)cc7)CC6)CC5)ncc4c23)ccc1[C@@H](C)NC(=O)c1nc(C(C)(C)C)no1. The van der Waals surface area contributed by atoms with E-state index in [0.29, 0.717) is 30.6 Å². The van der Waals surface area contributed by atoms with Crippen LogP contribution in [0.5, 0.6) is 0 Å². The fourth-order valence-electron chi connectivity index (χ4n) is 9.15. The van der Waals surface area contributed by atoms with Crippen LogP contribution < -0.4 is 20.4 Å². The molecular formula is C46H53N11O4. The summed E-state index contributed by atoms with van der Waals surface area (Å²) in [5, 5.41) is 11.3. The van der Waals surface area contributed by atoms with Crippen LogP contribution in [0, 0.1) is 12.8 Å². The number of fused-ring (bicyclic) bond motifs is 3. The highest BCUT2D eigenvalue weighted by Gasteiger charge is 2.29. The highest BCUT2D eigenvalue weighted by Crippen LogP contribution is 2.36. The van der Waals surface area contributed by atoms with Gasteiger partial charge in [-0.25, -0.2) is 14.8 Å². The zero-order valence-electron chi connectivity index (χ0n) is 35.5. The standard InChI is InChI=1S/C46H53N11O4/c1-27-22-31(6-11-34(27)28(2)50-42(59)43-53-44(54-61-43)46(3,4)5)40-39-35-24-47-36(23-37(35)51-41(39)49-26-48-40)30-14-17-55(18-15-30)25-29-12-19-56(20-13-29)32-7-9-33(10-8-32)57-21-16-38(58)52-45(57)60/h6-11,22-24,26,28-30H,12-21,25H2,1-5H3,(H,50,59)(H,48,49,51)(H,52,58,60)/t28-/m1/s1. The van der Waals surface area contributed by atoms with Crippen LogP contribution in [-0.4, -0.2) is 92.1 Å². The van der Waals surface area contributed by atoms with Crippen molar-refractivity contribution in [3.05, 3.63) is 89.6 Å². The molecule has 0 unspecified atom stereocenters. The molecule has 316 valence electrons. The topological polar surface area (TPSA) is 178 Å². The minimum absolute atomic E-state index is 0.0469. The van der Waals surface area contributed by atoms with Crippen molar-refractivity contribution in [1.29, 1.82) is 0 Å². The lowest BCUT2D eigenvalue weighted by atomic mass is 9.90. The molecule has 3 saturated heterocycles. The van der Waals surface area contributed by atoms with Crippen molar-refractivity contribution in [2.45, 2.75) is 84.1 Å². The molecule has 4 aromatic heterocycles. The van der Waals surface area contributed by atoms with Crippen molar-refractivity contribution >= 4 is 51.2 Å². The molecule has 0 spiro atoms. The molecule has 7 heterocycles. The number of likely N-dealkylation sites (tertiary alicyclic amines) is 1. The van der Waals surface area contributed by atoms with Gasteiger partial charge in [0, 0.05) is 78.1 Å². The van der Waals surface area contributed by atoms with E-state index in [1.807, 2.05) is 65.1 Å². The molecule has 3 aliphatic rings. The minimum Gasteiger partial charge on any atom is -0.372 e. The molecule has 0 bridgehead atoms. The summed E-state index contributed by atoms with van der Waals surface area (Å²) >= 11 is 0. The van der Waals surface area contributed by atoms with Crippen LogP contribution in [0.3, 0.4) is 0 Å². The number of hydrogen-bond acceptors (Lipinski definition) is 11. The number of nitrogens with zero attached hydrogens (tertiary/aromatic N) is 8. The molecule has 15 heteroatoms. The molecule has 2 aromatic carbocycles. The minimum atomic E-state index is -0.408. The second kappa shape index (κ2) is 16.3. The highest BCUT2D eigenvalue weighted by molar-refractivity contribution is 6.11. The van der Waals surface area contributed by atoms with E-state index in [-0.39, 0.29) is 29.3 Å². The van der Waals surface area contributed by atoms with Crippen molar-refractivity contribution < 1.29 is 18.9 Å². The number of anilines is 2. The number of benzene rings is 2. The summed E-state index contributed by atoms with van der Waals surface area (Å²) in [6, 6.07) is 15.9. The van der Waals surface area contributed by atoms with Gasteiger partial charge >= 0.3 is 17.8 Å². The van der Waals surface area contributed by atoms with E-state index in [4.69, 9.17) is 14.5 Å². The zero-order chi connectivity index (χ0) is 42.4. The number of aromatic amines is 1. The predicted octanol–water partition coefficient (Wildman–Crippen LogP) is 7.20. The van der Waals surface area contributed by atoms with E-state index in [1.165, 1.54) is 5.69 Å². The number of amides is 4. The van der Waals surface area contributed by atoms with Gasteiger partial charge in [0.25, 0.3) is 0 Å². The van der Waals surface area contributed by atoms with E-state index in [0.717, 1.165) is 114 Å². The summed E-state index contributed by atoms with van der Waals surface area (Å²) in [5.41, 5.74) is 8.36. The summed E-state index contributed by atoms with van der Waals surface area (Å²) in [6.07, 6.45) is 8.38. The van der Waals surface area contributed by atoms with E-state index < -0.39 is 5.91 Å². The number of pyridine rings is 1. The molecule has 9 rings (SSSR count). The van der Waals surface area contributed by atoms with E-state index in [2.05, 4.69) is 64.8 Å². The van der Waals surface area contributed by atoms with Crippen molar-refractivity contribution in [1.82, 2.24) is 45.6 Å². The Morgan fingerprint density at radius 3 is 2.39 bits per heavy atom. The van der Waals surface area contributed by atoms with Crippen molar-refractivity contribution in [2.24, 2.45) is 5.92 Å². The van der Waals surface area contributed by atoms with Gasteiger partial charge in [0.2, 0.25) is 5.91 Å². The van der Waals surface area contributed by atoms with Gasteiger partial charge < -0.3 is 24.6 Å². The molecule has 3 fully saturated rings. The van der Waals surface area contributed by atoms with Crippen LogP contribution in [0.2, 0.25) is 0 Å². The number of rotatable bonds is 9. The molecule has 3 N–H and O–H groups in total. The summed E-state index contributed by atoms with van der Waals surface area (Å²) in [7, 11) is 0. The lowest BCUT2D eigenvalue weighted by molar-refractivity contribution is -0.120. The predicted molar refractivity (Wildman–Crippen MR) is 234 cm³/mol. The Hall–Kier alpha value is -6.22. The third-order valence-corrected chi connectivity index (χ3v) is 12.7. The fourth-order valence-corrected chi connectivity index (χ4v) is 9.15. The third kappa shape index (κ3) is 8.30. The lowest BCUT2D eigenvalue weighted by Crippen LogP contribution is -2.49. The lowest BCUT2D eigenvalue weighted by Gasteiger charge is -2.38. The summed E-state index contributed by atoms with van der Waals surface area (Å²) in [5.74, 6) is 0.886. The van der Waals surface area contributed by atoms with E-state index in [1.54, 1.807) is 11.2 Å². The zero-order valence-corrected chi connectivity index (χ0v) is 35.5. The molecule has 0 radical (unpaired) electrons. The van der Waals surface area contributed by atoms with Crippen LogP contribution in [-0.2, 0) is 10.2 Å². The maximum absolute atomic E-state index is 13.0. The summed E-state index contributed by atoms with van der Waals surface area (Å²) in [4.78, 5) is 65.7. The summed E-state index contributed by atoms with van der Waals surface area (Å²) in [6.45, 7) is 15.6. The second-order valence-electron chi connectivity index (χ2n) is 17.9. The molecule has 3 aliphatic heterocycles. The largest absolute Gasteiger partial charge is 0.372 e. The molecule has 0 aliphatic carbocycles. The molecule has 15 nitrogen and oxygen atoms in total. The third-order valence-electron chi connectivity index (χ3n) is 12.7. The Morgan fingerprint density at radius 1 is 0.934 bits per heavy atom. The number of carbonyl (C=O) groups is 3. The molecule has 4 amide bonds. The maximum Gasteiger partial charge on any atom is 0.328 e. The molecule has 6 aromatic rings. The molecule has 0 saturated carbocycles. The van der Waals surface area contributed by atoms with Gasteiger partial charge in [0.15, 0.2) is 5.82 Å². The molecule has 61 heavy (non-hydrogen) atoms. The first kappa shape index (κ1) is 40.2. The number of urea groups is 1. The van der Waals surface area contributed by atoms with Gasteiger partial charge in [0.05, 0.1) is 22.6 Å². The number of aromatic nitrogens is 6. The first-order valence-electron chi connectivity index (χ1n) is 21.4. The Labute approximate surface area is 354 Å². The van der Waals surface area contributed by atoms with Gasteiger partial charge in [-0.05, 0) is 106 Å². The van der Waals surface area contributed by atoms with Gasteiger partial charge in [-0.1, -0.05) is 38.1 Å². The van der Waals surface area contributed by atoms with Crippen LogP contribution >= 0.6 is 0 Å². The monoisotopic (exact) mass is 823 g/mol. The smallest absolute Gasteiger partial charge is 0.328 e. The Kier molecular flexibility index (Phi) is 10.8. The Bertz CT molecular complexity index is 2600. The number of aryl methyl sites for hydroxylation is 1. The van der Waals surface area contributed by atoms with Gasteiger partial charge in [-0.2, -0.15) is 4.98 Å². The number of nitrogens with one attached hydrogen (secondary N) is 3. The number of H-pyrrole nitrogens is 1. The van der Waals surface area contributed by atoms with Crippen molar-refractivity contribution in [3.8, 4) is 11.3 Å². The van der Waals surface area contributed by atoms with Gasteiger partial charge in [-0.3, -0.25) is 24.8 Å².